The number of rotatable bonds is 9. The molecule has 1 heterocycles. The molecule has 2 atom stereocenters. The molecule has 2 N–H and O–H groups in total. The van der Waals surface area contributed by atoms with Crippen molar-refractivity contribution in [3.8, 4) is 0 Å². The highest BCUT2D eigenvalue weighted by atomic mass is 16.2. The smallest absolute Gasteiger partial charge is 0.325 e. The van der Waals surface area contributed by atoms with Gasteiger partial charge >= 0.3 is 6.03 Å². The summed E-state index contributed by atoms with van der Waals surface area (Å²) in [5.41, 5.74) is 1.32. The number of hydrogen-bond donors (Lipinski definition) is 2. The number of amides is 4. The van der Waals surface area contributed by atoms with E-state index in [1.54, 1.807) is 6.92 Å². The van der Waals surface area contributed by atoms with Gasteiger partial charge in [-0.2, -0.15) is 0 Å². The number of imide groups is 1. The van der Waals surface area contributed by atoms with Gasteiger partial charge in [-0.05, 0) is 50.7 Å². The molecule has 6 heteroatoms. The van der Waals surface area contributed by atoms with Crippen molar-refractivity contribution in [2.45, 2.75) is 51.1 Å². The van der Waals surface area contributed by atoms with Crippen molar-refractivity contribution < 1.29 is 14.4 Å². The Bertz CT molecular complexity index is 885. The van der Waals surface area contributed by atoms with E-state index in [9.17, 15) is 14.4 Å². The maximum absolute atomic E-state index is 12.9. The predicted octanol–water partition coefficient (Wildman–Crippen LogP) is 3.07. The van der Waals surface area contributed by atoms with E-state index in [2.05, 4.69) is 22.8 Å². The minimum absolute atomic E-state index is 0.0528. The molecule has 1 saturated heterocycles. The first-order valence-corrected chi connectivity index (χ1v) is 10.4. The van der Waals surface area contributed by atoms with E-state index in [1.165, 1.54) is 5.56 Å². The summed E-state index contributed by atoms with van der Waals surface area (Å²) in [6.45, 7) is 3.38. The second kappa shape index (κ2) is 9.57. The second-order valence-corrected chi connectivity index (χ2v) is 8.13. The molecule has 0 saturated carbocycles. The van der Waals surface area contributed by atoms with Crippen LogP contribution in [0.3, 0.4) is 0 Å². The van der Waals surface area contributed by atoms with Gasteiger partial charge in [-0.3, -0.25) is 14.5 Å². The van der Waals surface area contributed by atoms with Crippen molar-refractivity contribution in [1.82, 2.24) is 15.5 Å². The molecule has 0 bridgehead atoms. The van der Waals surface area contributed by atoms with Gasteiger partial charge < -0.3 is 10.6 Å². The minimum Gasteiger partial charge on any atom is -0.352 e. The molecule has 4 amide bonds. The predicted molar refractivity (Wildman–Crippen MR) is 116 cm³/mol. The number of urea groups is 1. The third-order valence-electron chi connectivity index (χ3n) is 5.52. The quantitative estimate of drug-likeness (QED) is 0.627. The molecular formula is C24H29N3O3. The van der Waals surface area contributed by atoms with Crippen LogP contribution in [-0.4, -0.2) is 40.9 Å². The first-order valence-electron chi connectivity index (χ1n) is 10.4. The average Bonchev–Trinajstić information content (AvgIpc) is 2.95. The standard InChI is InChI=1S/C24H29N3O3/c1-18(13-14-19-9-5-3-6-10-19)25-21(28)17-27-22(29)24(2,26-23(27)30)16-15-20-11-7-4-8-12-20/h3-12,18H,13-17H2,1-2H3,(H,25,28)(H,26,30)/t18-,24+/m0/s1. The third kappa shape index (κ3) is 5.47. The summed E-state index contributed by atoms with van der Waals surface area (Å²) in [6.07, 6.45) is 2.78. The number of nitrogens with one attached hydrogen (secondary N) is 2. The molecule has 2 aromatic rings. The van der Waals surface area contributed by atoms with Crippen molar-refractivity contribution in [2.24, 2.45) is 0 Å². The molecule has 1 fully saturated rings. The molecule has 1 aliphatic rings. The maximum Gasteiger partial charge on any atom is 0.325 e. The summed E-state index contributed by atoms with van der Waals surface area (Å²) >= 11 is 0. The lowest BCUT2D eigenvalue weighted by Crippen LogP contribution is -2.46. The molecule has 0 aliphatic carbocycles. The SMILES string of the molecule is C[C@@H](CCc1ccccc1)NC(=O)CN1C(=O)N[C@](C)(CCc2ccccc2)C1=O. The second-order valence-electron chi connectivity index (χ2n) is 8.13. The summed E-state index contributed by atoms with van der Waals surface area (Å²) in [6, 6.07) is 19.3. The normalized spacial score (nSPS) is 19.5. The van der Waals surface area contributed by atoms with Gasteiger partial charge in [0, 0.05) is 6.04 Å². The van der Waals surface area contributed by atoms with E-state index < -0.39 is 11.6 Å². The van der Waals surface area contributed by atoms with Crippen LogP contribution >= 0.6 is 0 Å². The topological polar surface area (TPSA) is 78.5 Å². The molecule has 0 radical (unpaired) electrons. The highest BCUT2D eigenvalue weighted by Crippen LogP contribution is 2.23. The average molecular weight is 408 g/mol. The molecule has 0 aromatic heterocycles. The third-order valence-corrected chi connectivity index (χ3v) is 5.52. The highest BCUT2D eigenvalue weighted by molar-refractivity contribution is 6.08. The largest absolute Gasteiger partial charge is 0.352 e. The van der Waals surface area contributed by atoms with Crippen LogP contribution in [0, 0.1) is 0 Å². The van der Waals surface area contributed by atoms with Crippen molar-refractivity contribution in [2.75, 3.05) is 6.54 Å². The Labute approximate surface area is 177 Å². The van der Waals surface area contributed by atoms with Crippen molar-refractivity contribution in [3.63, 3.8) is 0 Å². The lowest BCUT2D eigenvalue weighted by molar-refractivity contribution is -0.134. The zero-order valence-electron chi connectivity index (χ0n) is 17.6. The van der Waals surface area contributed by atoms with Crippen molar-refractivity contribution in [1.29, 1.82) is 0 Å². The van der Waals surface area contributed by atoms with Gasteiger partial charge in [-0.25, -0.2) is 4.79 Å². The fraction of sp³-hybridized carbons (Fsp3) is 0.375. The first kappa shape index (κ1) is 21.6. The lowest BCUT2D eigenvalue weighted by atomic mass is 9.93. The number of nitrogens with zero attached hydrogens (tertiary/aromatic N) is 1. The first-order chi connectivity index (χ1) is 14.4. The monoisotopic (exact) mass is 407 g/mol. The number of carbonyl (C=O) groups is 3. The number of benzene rings is 2. The Morgan fingerprint density at radius 1 is 1.00 bits per heavy atom. The Morgan fingerprint density at radius 2 is 1.57 bits per heavy atom. The van der Waals surface area contributed by atoms with Crippen LogP contribution in [0.5, 0.6) is 0 Å². The van der Waals surface area contributed by atoms with Crippen LogP contribution in [0.25, 0.3) is 0 Å². The zero-order chi connectivity index (χ0) is 21.6. The van der Waals surface area contributed by atoms with E-state index in [-0.39, 0.29) is 24.4 Å². The highest BCUT2D eigenvalue weighted by Gasteiger charge is 2.47. The number of hydrogen-bond acceptors (Lipinski definition) is 3. The van der Waals surface area contributed by atoms with Crippen LogP contribution in [0.1, 0.15) is 37.8 Å². The van der Waals surface area contributed by atoms with Crippen LogP contribution < -0.4 is 10.6 Å². The Kier molecular flexibility index (Phi) is 6.87. The summed E-state index contributed by atoms with van der Waals surface area (Å²) in [5.74, 6) is -0.679. The van der Waals surface area contributed by atoms with E-state index >= 15 is 0 Å². The fourth-order valence-corrected chi connectivity index (χ4v) is 3.66. The van der Waals surface area contributed by atoms with E-state index in [1.807, 2.05) is 55.5 Å². The van der Waals surface area contributed by atoms with Crippen molar-refractivity contribution >= 4 is 17.8 Å². The van der Waals surface area contributed by atoms with Crippen LogP contribution in [0.15, 0.2) is 60.7 Å². The van der Waals surface area contributed by atoms with Gasteiger partial charge in [0.2, 0.25) is 5.91 Å². The molecule has 0 spiro atoms. The summed E-state index contributed by atoms with van der Waals surface area (Å²) in [5, 5.41) is 5.65. The Balaban J connectivity index is 1.49. The summed E-state index contributed by atoms with van der Waals surface area (Å²) in [4.78, 5) is 38.6. The molecule has 2 aromatic carbocycles. The molecule has 0 unspecified atom stereocenters. The summed E-state index contributed by atoms with van der Waals surface area (Å²) in [7, 11) is 0. The van der Waals surface area contributed by atoms with Gasteiger partial charge in [0.05, 0.1) is 0 Å². The molecule has 1 aliphatic heterocycles. The lowest BCUT2D eigenvalue weighted by Gasteiger charge is -2.22. The number of carbonyl (C=O) groups excluding carboxylic acids is 3. The van der Waals surface area contributed by atoms with Crippen LogP contribution in [0.2, 0.25) is 0 Å². The maximum atomic E-state index is 12.9. The van der Waals surface area contributed by atoms with Crippen LogP contribution in [-0.2, 0) is 22.4 Å². The van der Waals surface area contributed by atoms with Crippen molar-refractivity contribution in [3.05, 3.63) is 71.8 Å². The molecular weight excluding hydrogens is 378 g/mol. The Hall–Kier alpha value is -3.15. The minimum atomic E-state index is -0.994. The van der Waals surface area contributed by atoms with Gasteiger partial charge in [0.15, 0.2) is 0 Å². The van der Waals surface area contributed by atoms with Gasteiger partial charge in [-0.1, -0.05) is 60.7 Å². The molecule has 30 heavy (non-hydrogen) atoms. The van der Waals surface area contributed by atoms with E-state index in [0.717, 1.165) is 23.3 Å². The summed E-state index contributed by atoms with van der Waals surface area (Å²) < 4.78 is 0. The van der Waals surface area contributed by atoms with Gasteiger partial charge in [0.25, 0.3) is 5.91 Å². The van der Waals surface area contributed by atoms with Gasteiger partial charge in [0.1, 0.15) is 12.1 Å². The Morgan fingerprint density at radius 3 is 2.17 bits per heavy atom. The van der Waals surface area contributed by atoms with Gasteiger partial charge in [-0.15, -0.1) is 0 Å². The van der Waals surface area contributed by atoms with E-state index in [4.69, 9.17) is 0 Å². The molecule has 6 nitrogen and oxygen atoms in total. The molecule has 158 valence electrons. The zero-order valence-corrected chi connectivity index (χ0v) is 17.6. The molecule has 3 rings (SSSR count). The van der Waals surface area contributed by atoms with E-state index in [0.29, 0.717) is 12.8 Å². The van der Waals surface area contributed by atoms with Crippen LogP contribution in [0.4, 0.5) is 4.79 Å². The fourth-order valence-electron chi connectivity index (χ4n) is 3.66. The number of aryl methyl sites for hydroxylation is 2.